The van der Waals surface area contributed by atoms with E-state index in [1.54, 1.807) is 4.90 Å². The van der Waals surface area contributed by atoms with Crippen LogP contribution in [0.2, 0.25) is 0 Å². The number of hydrogen-bond donors (Lipinski definition) is 4. The molecule has 1 aliphatic carbocycles. The SMILES string of the molecule is CC(C)(C)C(CC[C@@H](NC(=O)O)C(=O)N1CCN(CCCOc2ccc(C(=O)C3CC3)cc2)CC1)NC(N)=O. The van der Waals surface area contributed by atoms with Crippen molar-refractivity contribution in [1.29, 1.82) is 0 Å². The largest absolute Gasteiger partial charge is 0.494 e. The first-order chi connectivity index (χ1) is 18.4. The molecule has 4 amide bonds. The molecule has 0 spiro atoms. The summed E-state index contributed by atoms with van der Waals surface area (Å²) in [7, 11) is 0. The van der Waals surface area contributed by atoms with E-state index in [1.807, 2.05) is 45.0 Å². The van der Waals surface area contributed by atoms with Gasteiger partial charge in [-0.25, -0.2) is 9.59 Å². The van der Waals surface area contributed by atoms with Gasteiger partial charge in [0.05, 0.1) is 6.61 Å². The standard InChI is InChI=1S/C28H43N5O6/c1-28(2,3)23(31-26(29)36)12-11-22(30-27(37)38)25(35)33-16-14-32(15-17-33)13-4-18-39-21-9-7-20(8-10-21)24(34)19-5-6-19/h7-10,19,22-23,30H,4-6,11-18H2,1-3H3,(H,37,38)(H3,29,31,36)/t22-,23?/m1/s1. The van der Waals surface area contributed by atoms with Gasteiger partial charge in [-0.3, -0.25) is 14.5 Å². The molecule has 1 saturated heterocycles. The number of nitrogens with two attached hydrogens (primary N) is 1. The number of rotatable bonds is 13. The predicted octanol–water partition coefficient (Wildman–Crippen LogP) is 2.69. The highest BCUT2D eigenvalue weighted by atomic mass is 16.5. The first-order valence-electron chi connectivity index (χ1n) is 13.8. The second kappa shape index (κ2) is 13.6. The molecule has 5 N–H and O–H groups in total. The summed E-state index contributed by atoms with van der Waals surface area (Å²) in [6.07, 6.45) is 2.21. The summed E-state index contributed by atoms with van der Waals surface area (Å²) >= 11 is 0. The predicted molar refractivity (Wildman–Crippen MR) is 147 cm³/mol. The Kier molecular flexibility index (Phi) is 10.6. The van der Waals surface area contributed by atoms with Gasteiger partial charge in [-0.15, -0.1) is 0 Å². The van der Waals surface area contributed by atoms with Gasteiger partial charge in [0.1, 0.15) is 11.8 Å². The Morgan fingerprint density at radius 1 is 1.03 bits per heavy atom. The quantitative estimate of drug-likeness (QED) is 0.219. The van der Waals surface area contributed by atoms with E-state index in [-0.39, 0.29) is 35.5 Å². The van der Waals surface area contributed by atoms with Crippen molar-refractivity contribution in [3.63, 3.8) is 0 Å². The highest BCUT2D eigenvalue weighted by Gasteiger charge is 2.32. The number of urea groups is 1. The number of piperazine rings is 1. The zero-order chi connectivity index (χ0) is 28.6. The number of nitrogens with one attached hydrogen (secondary N) is 2. The lowest BCUT2D eigenvalue weighted by molar-refractivity contribution is -0.135. The van der Waals surface area contributed by atoms with Crippen LogP contribution in [-0.4, -0.2) is 90.1 Å². The monoisotopic (exact) mass is 545 g/mol. The van der Waals surface area contributed by atoms with Crippen LogP contribution in [0.25, 0.3) is 0 Å². The van der Waals surface area contributed by atoms with Crippen molar-refractivity contribution in [3.05, 3.63) is 29.8 Å². The summed E-state index contributed by atoms with van der Waals surface area (Å²) in [6.45, 7) is 9.63. The maximum absolute atomic E-state index is 13.2. The lowest BCUT2D eigenvalue weighted by Crippen LogP contribution is -2.55. The van der Waals surface area contributed by atoms with Crippen LogP contribution in [0, 0.1) is 11.3 Å². The molecule has 2 atom stereocenters. The normalized spacial score (nSPS) is 17.7. The average molecular weight is 546 g/mol. The smallest absolute Gasteiger partial charge is 0.405 e. The topological polar surface area (TPSA) is 154 Å². The van der Waals surface area contributed by atoms with Crippen molar-refractivity contribution in [2.75, 3.05) is 39.3 Å². The molecule has 1 aromatic carbocycles. The van der Waals surface area contributed by atoms with Crippen LogP contribution in [0.3, 0.4) is 0 Å². The van der Waals surface area contributed by atoms with Crippen LogP contribution in [0.4, 0.5) is 9.59 Å². The summed E-state index contributed by atoms with van der Waals surface area (Å²) < 4.78 is 5.83. The van der Waals surface area contributed by atoms with Gasteiger partial charge in [0.25, 0.3) is 0 Å². The van der Waals surface area contributed by atoms with Gasteiger partial charge in [-0.1, -0.05) is 20.8 Å². The lowest BCUT2D eigenvalue weighted by atomic mass is 9.83. The van der Waals surface area contributed by atoms with Crippen molar-refractivity contribution in [1.82, 2.24) is 20.4 Å². The van der Waals surface area contributed by atoms with Gasteiger partial charge in [-0.05, 0) is 61.8 Å². The molecular weight excluding hydrogens is 502 g/mol. The number of nitrogens with zero attached hydrogens (tertiary/aromatic N) is 2. The number of ether oxygens (including phenoxy) is 1. The number of hydrogen-bond acceptors (Lipinski definition) is 6. The summed E-state index contributed by atoms with van der Waals surface area (Å²) in [5, 5.41) is 14.4. The van der Waals surface area contributed by atoms with Crippen LogP contribution < -0.4 is 21.1 Å². The van der Waals surface area contributed by atoms with E-state index < -0.39 is 18.2 Å². The highest BCUT2D eigenvalue weighted by molar-refractivity contribution is 5.99. The van der Waals surface area contributed by atoms with E-state index in [0.717, 1.165) is 37.1 Å². The second-order valence-electron chi connectivity index (χ2n) is 11.5. The van der Waals surface area contributed by atoms with Gasteiger partial charge in [0.15, 0.2) is 5.78 Å². The number of amides is 4. The fraction of sp³-hybridized carbons (Fsp3) is 0.643. The summed E-state index contributed by atoms with van der Waals surface area (Å²) in [5.74, 6) is 0.918. The molecule has 2 fully saturated rings. The van der Waals surface area contributed by atoms with E-state index in [0.29, 0.717) is 39.2 Å². The molecule has 1 unspecified atom stereocenters. The Morgan fingerprint density at radius 3 is 2.21 bits per heavy atom. The Morgan fingerprint density at radius 2 is 1.67 bits per heavy atom. The van der Waals surface area contributed by atoms with Gasteiger partial charge in [-0.2, -0.15) is 0 Å². The van der Waals surface area contributed by atoms with E-state index >= 15 is 0 Å². The molecule has 11 nitrogen and oxygen atoms in total. The molecule has 216 valence electrons. The molecule has 39 heavy (non-hydrogen) atoms. The van der Waals surface area contributed by atoms with E-state index in [9.17, 15) is 24.3 Å². The fourth-order valence-electron chi connectivity index (χ4n) is 4.82. The average Bonchev–Trinajstić information content (AvgIpc) is 3.73. The number of ketones is 1. The Balaban J connectivity index is 1.40. The molecule has 1 aliphatic heterocycles. The molecule has 0 aromatic heterocycles. The Hall–Kier alpha value is -3.34. The summed E-state index contributed by atoms with van der Waals surface area (Å²) in [4.78, 5) is 52.1. The molecule has 0 bridgehead atoms. The van der Waals surface area contributed by atoms with Crippen molar-refractivity contribution in [3.8, 4) is 5.75 Å². The number of primary amides is 1. The summed E-state index contributed by atoms with van der Waals surface area (Å²) in [5.41, 5.74) is 5.75. The molecule has 2 aliphatic rings. The van der Waals surface area contributed by atoms with Crippen LogP contribution >= 0.6 is 0 Å². The minimum Gasteiger partial charge on any atom is -0.494 e. The molecular formula is C28H43N5O6. The van der Waals surface area contributed by atoms with Crippen molar-refractivity contribution in [2.45, 2.75) is 65.0 Å². The van der Waals surface area contributed by atoms with E-state index in [4.69, 9.17) is 10.5 Å². The van der Waals surface area contributed by atoms with Crippen molar-refractivity contribution in [2.24, 2.45) is 17.1 Å². The third kappa shape index (κ3) is 9.72. The molecule has 1 heterocycles. The number of Topliss-reactive ketones (excluding diaryl/α,β-unsaturated/α-hetero) is 1. The highest BCUT2D eigenvalue weighted by Crippen LogP contribution is 2.33. The maximum Gasteiger partial charge on any atom is 0.405 e. The van der Waals surface area contributed by atoms with Gasteiger partial charge < -0.3 is 31.1 Å². The number of carboxylic acid groups (broad SMARTS) is 1. The van der Waals surface area contributed by atoms with Crippen LogP contribution in [0.1, 0.15) is 63.2 Å². The van der Waals surface area contributed by atoms with Gasteiger partial charge in [0.2, 0.25) is 5.91 Å². The third-order valence-electron chi connectivity index (χ3n) is 7.36. The van der Waals surface area contributed by atoms with Crippen molar-refractivity contribution < 1.29 is 29.0 Å². The molecule has 1 saturated carbocycles. The molecule has 11 heteroatoms. The lowest BCUT2D eigenvalue weighted by Gasteiger charge is -2.37. The first kappa shape index (κ1) is 30.2. The minimum atomic E-state index is -1.26. The van der Waals surface area contributed by atoms with Crippen molar-refractivity contribution >= 4 is 23.8 Å². The summed E-state index contributed by atoms with van der Waals surface area (Å²) in [6, 6.07) is 5.50. The number of carbonyl (C=O) groups excluding carboxylic acids is 3. The zero-order valence-electron chi connectivity index (χ0n) is 23.3. The molecule has 1 aromatic rings. The Labute approximate surface area is 230 Å². The first-order valence-corrected chi connectivity index (χ1v) is 13.8. The number of benzene rings is 1. The second-order valence-corrected chi connectivity index (χ2v) is 11.5. The third-order valence-corrected chi connectivity index (χ3v) is 7.36. The van der Waals surface area contributed by atoms with Crippen LogP contribution in [-0.2, 0) is 4.79 Å². The van der Waals surface area contributed by atoms with Gasteiger partial charge >= 0.3 is 12.1 Å². The van der Waals surface area contributed by atoms with Crippen LogP contribution in [0.15, 0.2) is 24.3 Å². The Bertz CT molecular complexity index is 997. The minimum absolute atomic E-state index is 0.207. The fourth-order valence-corrected chi connectivity index (χ4v) is 4.82. The molecule has 0 radical (unpaired) electrons. The maximum atomic E-state index is 13.2. The van der Waals surface area contributed by atoms with E-state index in [2.05, 4.69) is 15.5 Å². The van der Waals surface area contributed by atoms with E-state index in [1.165, 1.54) is 0 Å². The van der Waals surface area contributed by atoms with Gasteiger partial charge in [0, 0.05) is 50.2 Å². The zero-order valence-corrected chi connectivity index (χ0v) is 23.3. The molecule has 3 rings (SSSR count). The number of carbonyl (C=O) groups is 4. The van der Waals surface area contributed by atoms with Crippen LogP contribution in [0.5, 0.6) is 5.75 Å².